The highest BCUT2D eigenvalue weighted by Gasteiger charge is 2.49. The minimum absolute atomic E-state index is 0.0653. The van der Waals surface area contributed by atoms with Crippen LogP contribution in [0.25, 0.3) is 0 Å². The number of fused-ring (bicyclic) bond motifs is 2. The molecule has 1 aromatic heterocycles. The van der Waals surface area contributed by atoms with E-state index in [0.29, 0.717) is 57.2 Å². The van der Waals surface area contributed by atoms with Crippen molar-refractivity contribution in [1.82, 2.24) is 40.6 Å². The van der Waals surface area contributed by atoms with Gasteiger partial charge in [-0.25, -0.2) is 4.98 Å². The molecule has 0 radical (unpaired) electrons. The molecule has 2 aromatic rings. The molecule has 52 heavy (non-hydrogen) atoms. The number of hydrogen-bond donors (Lipinski definition) is 4. The van der Waals surface area contributed by atoms with Crippen LogP contribution < -0.4 is 16.0 Å². The summed E-state index contributed by atoms with van der Waals surface area (Å²) in [6, 6.07) is 3.34. The lowest BCUT2D eigenvalue weighted by atomic mass is 9.93. The molecule has 4 saturated heterocycles. The predicted octanol–water partition coefficient (Wildman–Crippen LogP) is 1.46. The summed E-state index contributed by atoms with van der Waals surface area (Å²) in [5, 5.41) is 9.17. The Morgan fingerprint density at radius 1 is 0.827 bits per heavy atom. The van der Waals surface area contributed by atoms with Crippen molar-refractivity contribution in [2.75, 3.05) is 19.6 Å². The molecule has 0 aliphatic carbocycles. The molecule has 14 nitrogen and oxygen atoms in total. The van der Waals surface area contributed by atoms with Crippen molar-refractivity contribution in [3.05, 3.63) is 54.1 Å². The Morgan fingerprint density at radius 3 is 2.27 bits per heavy atom. The smallest absolute Gasteiger partial charge is 0.252 e. The number of benzene rings is 1. The Kier molecular flexibility index (Phi) is 12.0. The molecule has 0 bridgehead atoms. The van der Waals surface area contributed by atoms with Crippen molar-refractivity contribution < 1.29 is 28.8 Å². The van der Waals surface area contributed by atoms with E-state index in [-0.39, 0.29) is 31.8 Å². The molecule has 7 atom stereocenters. The zero-order valence-electron chi connectivity index (χ0n) is 30.2. The van der Waals surface area contributed by atoms with Gasteiger partial charge >= 0.3 is 0 Å². The van der Waals surface area contributed by atoms with Crippen molar-refractivity contribution in [3.8, 4) is 0 Å². The molecule has 6 amide bonds. The Hall–Kier alpha value is -4.59. The summed E-state index contributed by atoms with van der Waals surface area (Å²) in [6.07, 6.45) is 8.42. The van der Waals surface area contributed by atoms with Crippen LogP contribution >= 0.6 is 0 Å². The van der Waals surface area contributed by atoms with E-state index in [4.69, 9.17) is 0 Å². The average Bonchev–Trinajstić information content (AvgIpc) is 3.89. The van der Waals surface area contributed by atoms with E-state index in [1.54, 1.807) is 6.20 Å². The molecule has 4 aliphatic rings. The van der Waals surface area contributed by atoms with E-state index in [9.17, 15) is 24.0 Å². The lowest BCUT2D eigenvalue weighted by molar-refractivity contribution is -0.163. The van der Waals surface area contributed by atoms with E-state index >= 15 is 4.79 Å². The SMILES string of the molecule is CCC(C)[C@@H]1NC(=O)[C@@H](Cc2ccccc2)NC(=O)[C@@H]2CCCN2C(=O)[C@@H](Cc2c[nH]cn2)N(C(=O)C2CCCCN2)C(=O)C2CCCCN2C1=O. The molecule has 3 unspecified atom stereocenters. The summed E-state index contributed by atoms with van der Waals surface area (Å²) < 4.78 is 0. The van der Waals surface area contributed by atoms with Gasteiger partial charge in [0.1, 0.15) is 30.2 Å². The van der Waals surface area contributed by atoms with Crippen LogP contribution in [0.4, 0.5) is 0 Å². The van der Waals surface area contributed by atoms with Gasteiger partial charge in [-0.1, -0.05) is 57.0 Å². The van der Waals surface area contributed by atoms with Crippen molar-refractivity contribution in [2.45, 2.75) is 121 Å². The number of aromatic amines is 1. The first-order valence-corrected chi connectivity index (χ1v) is 19.0. The molecule has 5 heterocycles. The van der Waals surface area contributed by atoms with E-state index in [1.165, 1.54) is 16.1 Å². The number of hydrogen-bond acceptors (Lipinski definition) is 8. The maximum atomic E-state index is 15.1. The first-order chi connectivity index (χ1) is 25.2. The molecular formula is C38H52N8O6. The second-order valence-electron chi connectivity index (χ2n) is 14.7. The standard InChI is InChI=1S/C38H52N8O6/c1-3-24(2)32-38(52)45-18-10-8-15-30(45)37(51)46(35(49)27-14-7-9-17-40-27)31(21-26-22-39-23-41-26)36(50)44-19-11-16-29(44)34(48)42-28(33(47)43-32)20-25-12-5-4-6-13-25/h4-6,12-13,22-24,27-32,40H,3,7-11,14-21H2,1-2H3,(H,39,41)(H,42,48)(H,43,47)/t24?,27?,28-,29+,30?,31-,32+/m1/s1. The Bertz CT molecular complexity index is 1600. The van der Waals surface area contributed by atoms with Gasteiger partial charge in [-0.15, -0.1) is 0 Å². The lowest BCUT2D eigenvalue weighted by Crippen LogP contribution is -2.65. The summed E-state index contributed by atoms with van der Waals surface area (Å²) in [6.45, 7) is 4.91. The third-order valence-electron chi connectivity index (χ3n) is 11.2. The fourth-order valence-electron chi connectivity index (χ4n) is 8.09. The maximum absolute atomic E-state index is 15.1. The van der Waals surface area contributed by atoms with Crippen LogP contribution in [0.2, 0.25) is 0 Å². The minimum atomic E-state index is -1.31. The van der Waals surface area contributed by atoms with E-state index in [2.05, 4.69) is 25.9 Å². The molecule has 4 N–H and O–H groups in total. The Morgan fingerprint density at radius 2 is 1.56 bits per heavy atom. The zero-order valence-corrected chi connectivity index (χ0v) is 30.2. The molecule has 1 aromatic carbocycles. The number of H-pyrrole nitrogens is 1. The van der Waals surface area contributed by atoms with Gasteiger partial charge in [-0.3, -0.25) is 33.7 Å². The second-order valence-corrected chi connectivity index (χ2v) is 14.7. The number of aromatic nitrogens is 2. The number of piperidine rings is 2. The molecule has 14 heteroatoms. The van der Waals surface area contributed by atoms with Crippen molar-refractivity contribution in [3.63, 3.8) is 0 Å². The normalized spacial score (nSPS) is 28.7. The molecule has 6 rings (SSSR count). The average molecular weight is 717 g/mol. The minimum Gasteiger partial charge on any atom is -0.351 e. The van der Waals surface area contributed by atoms with Gasteiger partial charge in [0.15, 0.2) is 0 Å². The van der Waals surface area contributed by atoms with Gasteiger partial charge in [0.2, 0.25) is 29.5 Å². The molecule has 0 saturated carbocycles. The summed E-state index contributed by atoms with van der Waals surface area (Å²) in [5.41, 5.74) is 1.29. The Balaban J connectivity index is 1.47. The van der Waals surface area contributed by atoms with Crippen LogP contribution in [0.1, 0.15) is 82.9 Å². The largest absolute Gasteiger partial charge is 0.351 e. The highest BCUT2D eigenvalue weighted by Crippen LogP contribution is 2.28. The quantitative estimate of drug-likeness (QED) is 0.312. The predicted molar refractivity (Wildman–Crippen MR) is 191 cm³/mol. The van der Waals surface area contributed by atoms with Crippen LogP contribution in [0.3, 0.4) is 0 Å². The summed E-state index contributed by atoms with van der Waals surface area (Å²) in [5.74, 6) is -3.42. The van der Waals surface area contributed by atoms with Crippen LogP contribution in [-0.4, -0.2) is 116 Å². The summed E-state index contributed by atoms with van der Waals surface area (Å²) in [4.78, 5) is 99.0. The number of nitrogens with zero attached hydrogens (tertiary/aromatic N) is 4. The van der Waals surface area contributed by atoms with Crippen LogP contribution in [-0.2, 0) is 41.6 Å². The van der Waals surface area contributed by atoms with Crippen LogP contribution in [0, 0.1) is 5.92 Å². The number of imide groups is 1. The van der Waals surface area contributed by atoms with E-state index < -0.39 is 71.7 Å². The second kappa shape index (κ2) is 16.8. The number of nitrogens with one attached hydrogen (secondary N) is 4. The van der Waals surface area contributed by atoms with E-state index in [1.807, 2.05) is 44.2 Å². The molecule has 4 fully saturated rings. The first kappa shape index (κ1) is 37.2. The molecular weight excluding hydrogens is 664 g/mol. The number of imidazole rings is 1. The number of carbonyl (C=O) groups is 6. The third-order valence-corrected chi connectivity index (χ3v) is 11.2. The topological polar surface area (TPSA) is 177 Å². The molecule has 280 valence electrons. The highest BCUT2D eigenvalue weighted by molar-refractivity contribution is 6.06. The fourth-order valence-corrected chi connectivity index (χ4v) is 8.09. The van der Waals surface area contributed by atoms with Crippen LogP contribution in [0.5, 0.6) is 0 Å². The highest BCUT2D eigenvalue weighted by atomic mass is 16.2. The number of carbonyl (C=O) groups excluding carboxylic acids is 6. The van der Waals surface area contributed by atoms with Gasteiger partial charge in [0.25, 0.3) is 5.91 Å². The number of amides is 6. The van der Waals surface area contributed by atoms with Crippen molar-refractivity contribution in [1.29, 1.82) is 0 Å². The summed E-state index contributed by atoms with van der Waals surface area (Å²) in [7, 11) is 0. The monoisotopic (exact) mass is 716 g/mol. The fraction of sp³-hybridized carbons (Fsp3) is 0.605. The summed E-state index contributed by atoms with van der Waals surface area (Å²) >= 11 is 0. The van der Waals surface area contributed by atoms with Crippen molar-refractivity contribution in [2.24, 2.45) is 5.92 Å². The lowest BCUT2D eigenvalue weighted by Gasteiger charge is -2.42. The molecule has 4 aliphatic heterocycles. The zero-order chi connectivity index (χ0) is 36.8. The van der Waals surface area contributed by atoms with Gasteiger partial charge in [-0.2, -0.15) is 0 Å². The van der Waals surface area contributed by atoms with E-state index in [0.717, 1.165) is 23.3 Å². The maximum Gasteiger partial charge on any atom is 0.252 e. The number of rotatable bonds is 7. The van der Waals surface area contributed by atoms with Gasteiger partial charge in [0.05, 0.1) is 18.1 Å². The van der Waals surface area contributed by atoms with Gasteiger partial charge in [-0.05, 0) is 63.0 Å². The first-order valence-electron chi connectivity index (χ1n) is 19.0. The van der Waals surface area contributed by atoms with Gasteiger partial charge < -0.3 is 30.7 Å². The van der Waals surface area contributed by atoms with Gasteiger partial charge in [0, 0.05) is 32.1 Å². The molecule has 0 spiro atoms. The van der Waals surface area contributed by atoms with Crippen LogP contribution in [0.15, 0.2) is 42.9 Å². The van der Waals surface area contributed by atoms with Crippen molar-refractivity contribution >= 4 is 35.4 Å². The Labute approximate surface area is 304 Å². The third kappa shape index (κ3) is 8.06.